The van der Waals surface area contributed by atoms with E-state index in [1.54, 1.807) is 18.2 Å². The zero-order chi connectivity index (χ0) is 20.0. The summed E-state index contributed by atoms with van der Waals surface area (Å²) in [5.74, 6) is -0.286. The summed E-state index contributed by atoms with van der Waals surface area (Å²) in [7, 11) is -2.22. The number of nitrogens with one attached hydrogen (secondary N) is 1. The predicted octanol–water partition coefficient (Wildman–Crippen LogP) is 1.87. The minimum atomic E-state index is -3.65. The van der Waals surface area contributed by atoms with Gasteiger partial charge in [0.15, 0.2) is 0 Å². The molecular formula is C21H27N3O3S. The molecule has 2 aromatic carbocycles. The lowest BCUT2D eigenvalue weighted by Crippen LogP contribution is -2.39. The molecule has 28 heavy (non-hydrogen) atoms. The van der Waals surface area contributed by atoms with E-state index in [0.717, 1.165) is 36.8 Å². The number of hydrogen-bond acceptors (Lipinski definition) is 4. The Morgan fingerprint density at radius 2 is 1.75 bits per heavy atom. The molecule has 0 aromatic heterocycles. The molecule has 1 heterocycles. The summed E-state index contributed by atoms with van der Waals surface area (Å²) in [6.07, 6.45) is 1.90. The van der Waals surface area contributed by atoms with E-state index in [-0.39, 0.29) is 17.3 Å². The molecule has 6 nitrogen and oxygen atoms in total. The summed E-state index contributed by atoms with van der Waals surface area (Å²) in [4.78, 5) is 14.7. The van der Waals surface area contributed by atoms with Crippen LogP contribution in [0.15, 0.2) is 59.5 Å². The number of sulfonamides is 1. The Kier molecular flexibility index (Phi) is 6.83. The standard InChI is InChI=1S/C21H27N3O3S/c1-23(28(26,27)20-10-3-2-4-11-20)17-21(25)22-13-7-14-24-15-12-18-8-5-6-9-19(18)16-24/h2-6,8-11H,7,12-17H2,1H3,(H,22,25). The van der Waals surface area contributed by atoms with Gasteiger partial charge in [-0.3, -0.25) is 9.69 Å². The monoisotopic (exact) mass is 401 g/mol. The highest BCUT2D eigenvalue weighted by Gasteiger charge is 2.22. The Hall–Kier alpha value is -2.22. The third kappa shape index (κ3) is 5.19. The highest BCUT2D eigenvalue weighted by Crippen LogP contribution is 2.18. The molecule has 1 amide bonds. The molecule has 0 unspecified atom stereocenters. The first-order valence-electron chi connectivity index (χ1n) is 9.54. The van der Waals surface area contributed by atoms with E-state index in [4.69, 9.17) is 0 Å². The van der Waals surface area contributed by atoms with Crippen LogP contribution in [0.25, 0.3) is 0 Å². The number of amides is 1. The van der Waals surface area contributed by atoms with Crippen molar-refractivity contribution in [2.24, 2.45) is 0 Å². The smallest absolute Gasteiger partial charge is 0.243 e. The molecule has 0 fully saturated rings. The second-order valence-corrected chi connectivity index (χ2v) is 9.12. The van der Waals surface area contributed by atoms with Gasteiger partial charge in [0.25, 0.3) is 0 Å². The average molecular weight is 402 g/mol. The van der Waals surface area contributed by atoms with E-state index < -0.39 is 10.0 Å². The van der Waals surface area contributed by atoms with Crippen LogP contribution < -0.4 is 5.32 Å². The normalized spacial score (nSPS) is 14.6. The third-order valence-corrected chi connectivity index (χ3v) is 6.82. The minimum absolute atomic E-state index is 0.186. The van der Waals surface area contributed by atoms with Gasteiger partial charge in [-0.2, -0.15) is 4.31 Å². The lowest BCUT2D eigenvalue weighted by atomic mass is 10.00. The lowest BCUT2D eigenvalue weighted by molar-refractivity contribution is -0.121. The topological polar surface area (TPSA) is 69.7 Å². The van der Waals surface area contributed by atoms with E-state index in [0.29, 0.717) is 6.54 Å². The molecule has 0 bridgehead atoms. The molecular weight excluding hydrogens is 374 g/mol. The van der Waals surface area contributed by atoms with Gasteiger partial charge in [-0.25, -0.2) is 8.42 Å². The second kappa shape index (κ2) is 9.32. The molecule has 0 atom stereocenters. The van der Waals surface area contributed by atoms with Crippen molar-refractivity contribution in [2.45, 2.75) is 24.3 Å². The van der Waals surface area contributed by atoms with Gasteiger partial charge in [0.1, 0.15) is 0 Å². The van der Waals surface area contributed by atoms with Gasteiger partial charge in [-0.05, 0) is 36.1 Å². The molecule has 150 valence electrons. The SMILES string of the molecule is CN(CC(=O)NCCCN1CCc2ccccc2C1)S(=O)(=O)c1ccccc1. The minimum Gasteiger partial charge on any atom is -0.355 e. The molecule has 1 N–H and O–H groups in total. The van der Waals surface area contributed by atoms with Gasteiger partial charge in [-0.15, -0.1) is 0 Å². The summed E-state index contributed by atoms with van der Waals surface area (Å²) >= 11 is 0. The molecule has 0 aliphatic carbocycles. The number of likely N-dealkylation sites (N-methyl/N-ethyl adjacent to an activating group) is 1. The quantitative estimate of drug-likeness (QED) is 0.686. The van der Waals surface area contributed by atoms with Crippen molar-refractivity contribution in [1.29, 1.82) is 0 Å². The number of benzene rings is 2. The largest absolute Gasteiger partial charge is 0.355 e. The van der Waals surface area contributed by atoms with Gasteiger partial charge < -0.3 is 5.32 Å². The highest BCUT2D eigenvalue weighted by molar-refractivity contribution is 7.89. The number of carbonyl (C=O) groups is 1. The fourth-order valence-electron chi connectivity index (χ4n) is 3.39. The van der Waals surface area contributed by atoms with Crippen molar-refractivity contribution in [3.05, 3.63) is 65.7 Å². The van der Waals surface area contributed by atoms with Crippen molar-refractivity contribution >= 4 is 15.9 Å². The number of nitrogens with zero attached hydrogens (tertiary/aromatic N) is 2. The molecule has 0 spiro atoms. The zero-order valence-corrected chi connectivity index (χ0v) is 17.0. The molecule has 1 aliphatic rings. The van der Waals surface area contributed by atoms with Crippen LogP contribution in [0.5, 0.6) is 0 Å². The summed E-state index contributed by atoms with van der Waals surface area (Å²) < 4.78 is 26.0. The molecule has 7 heteroatoms. The Balaban J connectivity index is 1.39. The van der Waals surface area contributed by atoms with Crippen LogP contribution >= 0.6 is 0 Å². The first-order chi connectivity index (χ1) is 13.5. The predicted molar refractivity (Wildman–Crippen MR) is 109 cm³/mol. The summed E-state index contributed by atoms with van der Waals surface area (Å²) in [6, 6.07) is 16.7. The highest BCUT2D eigenvalue weighted by atomic mass is 32.2. The van der Waals surface area contributed by atoms with Crippen molar-refractivity contribution in [2.75, 3.05) is 33.2 Å². The summed E-state index contributed by atoms with van der Waals surface area (Å²) in [5.41, 5.74) is 2.81. The lowest BCUT2D eigenvalue weighted by Gasteiger charge is -2.28. The van der Waals surface area contributed by atoms with Crippen LogP contribution in [0.1, 0.15) is 17.5 Å². The van der Waals surface area contributed by atoms with E-state index in [1.807, 2.05) is 0 Å². The summed E-state index contributed by atoms with van der Waals surface area (Å²) in [5, 5.41) is 2.82. The number of carbonyl (C=O) groups excluding carboxylic acids is 1. The van der Waals surface area contributed by atoms with E-state index in [9.17, 15) is 13.2 Å². The van der Waals surface area contributed by atoms with E-state index >= 15 is 0 Å². The Morgan fingerprint density at radius 3 is 2.50 bits per heavy atom. The maximum absolute atomic E-state index is 12.4. The van der Waals surface area contributed by atoms with Crippen molar-refractivity contribution in [1.82, 2.24) is 14.5 Å². The number of fused-ring (bicyclic) bond motifs is 1. The van der Waals surface area contributed by atoms with Crippen LogP contribution in [0.2, 0.25) is 0 Å². The number of hydrogen-bond donors (Lipinski definition) is 1. The zero-order valence-electron chi connectivity index (χ0n) is 16.2. The molecule has 0 radical (unpaired) electrons. The Bertz CT molecular complexity index is 900. The summed E-state index contributed by atoms with van der Waals surface area (Å²) in [6.45, 7) is 3.24. The van der Waals surface area contributed by atoms with Crippen LogP contribution in [0.4, 0.5) is 0 Å². The van der Waals surface area contributed by atoms with E-state index in [1.165, 1.54) is 30.3 Å². The fraction of sp³-hybridized carbons (Fsp3) is 0.381. The molecule has 0 saturated carbocycles. The Labute approximate surface area is 167 Å². The molecule has 1 aliphatic heterocycles. The van der Waals surface area contributed by atoms with Crippen molar-refractivity contribution in [3.8, 4) is 0 Å². The third-order valence-electron chi connectivity index (χ3n) is 5.00. The second-order valence-electron chi connectivity index (χ2n) is 7.07. The first-order valence-corrected chi connectivity index (χ1v) is 11.0. The first kappa shape index (κ1) is 20.5. The molecule has 0 saturated heterocycles. The number of rotatable bonds is 8. The van der Waals surface area contributed by atoms with Gasteiger partial charge in [0.05, 0.1) is 11.4 Å². The van der Waals surface area contributed by atoms with Gasteiger partial charge in [0.2, 0.25) is 15.9 Å². The van der Waals surface area contributed by atoms with E-state index in [2.05, 4.69) is 34.5 Å². The van der Waals surface area contributed by atoms with Gasteiger partial charge >= 0.3 is 0 Å². The fourth-order valence-corrected chi connectivity index (χ4v) is 4.54. The maximum Gasteiger partial charge on any atom is 0.243 e. The van der Waals surface area contributed by atoms with Crippen LogP contribution in [-0.4, -0.2) is 56.8 Å². The maximum atomic E-state index is 12.4. The van der Waals surface area contributed by atoms with Crippen molar-refractivity contribution < 1.29 is 13.2 Å². The van der Waals surface area contributed by atoms with Crippen LogP contribution in [0.3, 0.4) is 0 Å². The molecule has 3 rings (SSSR count). The Morgan fingerprint density at radius 1 is 1.07 bits per heavy atom. The average Bonchev–Trinajstić information content (AvgIpc) is 2.71. The van der Waals surface area contributed by atoms with Crippen LogP contribution in [0, 0.1) is 0 Å². The van der Waals surface area contributed by atoms with Crippen LogP contribution in [-0.2, 0) is 27.8 Å². The van der Waals surface area contributed by atoms with Gasteiger partial charge in [0, 0.05) is 33.2 Å². The molecule has 2 aromatic rings. The van der Waals surface area contributed by atoms with Crippen molar-refractivity contribution in [3.63, 3.8) is 0 Å². The van der Waals surface area contributed by atoms with Gasteiger partial charge in [-0.1, -0.05) is 42.5 Å².